The number of nitrogens with one attached hydrogen (secondary N) is 1. The predicted molar refractivity (Wildman–Crippen MR) is 82.6 cm³/mol. The Hall–Kier alpha value is -1.33. The van der Waals surface area contributed by atoms with Gasteiger partial charge in [0, 0.05) is 19.1 Å². The summed E-state index contributed by atoms with van der Waals surface area (Å²) >= 11 is 6.27. The first-order valence-electron chi connectivity index (χ1n) is 7.03. The lowest BCUT2D eigenvalue weighted by Gasteiger charge is -2.30. The van der Waals surface area contributed by atoms with Crippen LogP contribution >= 0.6 is 11.6 Å². The van der Waals surface area contributed by atoms with Crippen LogP contribution in [0.15, 0.2) is 23.6 Å². The Kier molecular flexibility index (Phi) is 5.20. The Morgan fingerprint density at radius 1 is 1.70 bits per heavy atom. The molecule has 0 bridgehead atoms. The molecule has 2 rings (SSSR count). The number of anilines is 1. The number of nitrogens with zero attached hydrogens (tertiary/aromatic N) is 3. The first kappa shape index (κ1) is 15.1. The number of allylic oxidation sites excluding steroid dienone is 1. The van der Waals surface area contributed by atoms with E-state index in [1.165, 1.54) is 4.68 Å². The number of hydrogen-bond donors (Lipinski definition) is 1. The summed E-state index contributed by atoms with van der Waals surface area (Å²) in [6, 6.07) is 0.379. The highest BCUT2D eigenvalue weighted by molar-refractivity contribution is 6.33. The van der Waals surface area contributed by atoms with Crippen molar-refractivity contribution in [3.8, 4) is 0 Å². The maximum atomic E-state index is 12.2. The van der Waals surface area contributed by atoms with Crippen molar-refractivity contribution in [2.45, 2.75) is 32.4 Å². The second-order valence-corrected chi connectivity index (χ2v) is 5.34. The van der Waals surface area contributed by atoms with E-state index >= 15 is 0 Å². The van der Waals surface area contributed by atoms with E-state index in [2.05, 4.69) is 28.8 Å². The van der Waals surface area contributed by atoms with Gasteiger partial charge in [0.25, 0.3) is 5.56 Å². The lowest BCUT2D eigenvalue weighted by atomic mass is 10.2. The molecule has 0 aliphatic carbocycles. The Morgan fingerprint density at radius 3 is 3.10 bits per heavy atom. The van der Waals surface area contributed by atoms with Gasteiger partial charge >= 0.3 is 0 Å². The van der Waals surface area contributed by atoms with E-state index in [1.807, 2.05) is 0 Å². The van der Waals surface area contributed by atoms with Crippen molar-refractivity contribution in [3.63, 3.8) is 0 Å². The fourth-order valence-electron chi connectivity index (χ4n) is 2.55. The van der Waals surface area contributed by atoms with Gasteiger partial charge < -0.3 is 10.2 Å². The van der Waals surface area contributed by atoms with Gasteiger partial charge in [0.2, 0.25) is 0 Å². The zero-order valence-corrected chi connectivity index (χ0v) is 12.6. The van der Waals surface area contributed by atoms with E-state index in [0.29, 0.717) is 12.6 Å². The Bertz CT molecular complexity index is 522. The van der Waals surface area contributed by atoms with Crippen LogP contribution in [-0.2, 0) is 6.54 Å². The molecule has 1 aromatic heterocycles. The topological polar surface area (TPSA) is 50.2 Å². The molecule has 0 spiro atoms. The largest absolute Gasteiger partial charge is 0.365 e. The standard InChI is InChI=1S/C14H21ClN4O/c1-3-7-18(11-5-6-16-9-11)12-10-17-19(8-4-2)14(20)13(12)15/h4,10-11,16H,2-3,5-9H2,1H3. The van der Waals surface area contributed by atoms with Gasteiger partial charge in [-0.25, -0.2) is 4.68 Å². The third-order valence-electron chi connectivity index (χ3n) is 3.52. The van der Waals surface area contributed by atoms with Crippen LogP contribution in [0.25, 0.3) is 0 Å². The molecule has 1 N–H and O–H groups in total. The van der Waals surface area contributed by atoms with Crippen LogP contribution in [-0.4, -0.2) is 35.5 Å². The highest BCUT2D eigenvalue weighted by Crippen LogP contribution is 2.25. The van der Waals surface area contributed by atoms with Gasteiger partial charge in [-0.2, -0.15) is 5.10 Å². The molecule has 110 valence electrons. The van der Waals surface area contributed by atoms with Gasteiger partial charge in [-0.15, -0.1) is 6.58 Å². The summed E-state index contributed by atoms with van der Waals surface area (Å²) in [7, 11) is 0. The smallest absolute Gasteiger partial charge is 0.287 e. The molecule has 0 aromatic carbocycles. The molecular formula is C14H21ClN4O. The first-order chi connectivity index (χ1) is 9.69. The Labute approximate surface area is 124 Å². The minimum Gasteiger partial charge on any atom is -0.365 e. The third-order valence-corrected chi connectivity index (χ3v) is 3.87. The van der Waals surface area contributed by atoms with Gasteiger partial charge in [-0.3, -0.25) is 4.79 Å². The summed E-state index contributed by atoms with van der Waals surface area (Å²) in [5.41, 5.74) is 0.489. The second-order valence-electron chi connectivity index (χ2n) is 4.96. The van der Waals surface area contributed by atoms with E-state index in [0.717, 1.165) is 38.2 Å². The molecule has 1 atom stereocenters. The number of hydrogen-bond acceptors (Lipinski definition) is 4. The van der Waals surface area contributed by atoms with Crippen molar-refractivity contribution in [2.75, 3.05) is 24.5 Å². The van der Waals surface area contributed by atoms with Crippen molar-refractivity contribution in [1.82, 2.24) is 15.1 Å². The first-order valence-corrected chi connectivity index (χ1v) is 7.40. The third kappa shape index (κ3) is 3.04. The SMILES string of the molecule is C=CCn1ncc(N(CCC)C2CCNC2)c(Cl)c1=O. The van der Waals surface area contributed by atoms with Crippen LogP contribution in [0.4, 0.5) is 5.69 Å². The average Bonchev–Trinajstić information content (AvgIpc) is 2.96. The molecule has 1 saturated heterocycles. The fraction of sp³-hybridized carbons (Fsp3) is 0.571. The average molecular weight is 297 g/mol. The zero-order chi connectivity index (χ0) is 14.5. The summed E-state index contributed by atoms with van der Waals surface area (Å²) in [5.74, 6) is 0. The summed E-state index contributed by atoms with van der Waals surface area (Å²) in [5, 5.41) is 7.79. The maximum absolute atomic E-state index is 12.2. The Morgan fingerprint density at radius 2 is 2.50 bits per heavy atom. The molecule has 20 heavy (non-hydrogen) atoms. The van der Waals surface area contributed by atoms with Crippen molar-refractivity contribution in [3.05, 3.63) is 34.2 Å². The molecule has 1 aliphatic rings. The number of rotatable bonds is 6. The molecule has 6 heteroatoms. The van der Waals surface area contributed by atoms with E-state index in [1.54, 1.807) is 12.3 Å². The molecule has 0 saturated carbocycles. The molecule has 2 heterocycles. The van der Waals surface area contributed by atoms with Crippen molar-refractivity contribution >= 4 is 17.3 Å². The molecule has 1 aliphatic heterocycles. The van der Waals surface area contributed by atoms with Gasteiger partial charge in [-0.05, 0) is 19.4 Å². The van der Waals surface area contributed by atoms with Crippen LogP contribution in [0.3, 0.4) is 0 Å². The molecule has 1 unspecified atom stereocenters. The fourth-order valence-corrected chi connectivity index (χ4v) is 2.81. The molecule has 0 radical (unpaired) electrons. The zero-order valence-electron chi connectivity index (χ0n) is 11.8. The minimum absolute atomic E-state index is 0.252. The van der Waals surface area contributed by atoms with Gasteiger partial charge in [0.05, 0.1) is 18.4 Å². The second kappa shape index (κ2) is 6.90. The highest BCUT2D eigenvalue weighted by atomic mass is 35.5. The van der Waals surface area contributed by atoms with E-state index in [-0.39, 0.29) is 10.6 Å². The summed E-state index contributed by atoms with van der Waals surface area (Å²) in [6.45, 7) is 8.91. The molecular weight excluding hydrogens is 276 g/mol. The molecule has 0 amide bonds. The molecule has 5 nitrogen and oxygen atoms in total. The van der Waals surface area contributed by atoms with Crippen LogP contribution in [0.2, 0.25) is 5.02 Å². The predicted octanol–water partition coefficient (Wildman–Crippen LogP) is 1.66. The van der Waals surface area contributed by atoms with Crippen molar-refractivity contribution in [2.24, 2.45) is 0 Å². The summed E-state index contributed by atoms with van der Waals surface area (Å²) in [4.78, 5) is 14.4. The number of aromatic nitrogens is 2. The van der Waals surface area contributed by atoms with Gasteiger partial charge in [-0.1, -0.05) is 24.6 Å². The monoisotopic (exact) mass is 296 g/mol. The van der Waals surface area contributed by atoms with Crippen LogP contribution in [0.1, 0.15) is 19.8 Å². The van der Waals surface area contributed by atoms with Crippen LogP contribution in [0, 0.1) is 0 Å². The lowest BCUT2D eigenvalue weighted by Crippen LogP contribution is -2.39. The highest BCUT2D eigenvalue weighted by Gasteiger charge is 2.25. The van der Waals surface area contributed by atoms with Gasteiger partial charge in [0.1, 0.15) is 5.02 Å². The van der Waals surface area contributed by atoms with Crippen molar-refractivity contribution < 1.29 is 0 Å². The van der Waals surface area contributed by atoms with Crippen molar-refractivity contribution in [1.29, 1.82) is 0 Å². The quantitative estimate of drug-likeness (QED) is 0.811. The summed E-state index contributed by atoms with van der Waals surface area (Å²) < 4.78 is 1.33. The van der Waals surface area contributed by atoms with Gasteiger partial charge in [0.15, 0.2) is 0 Å². The lowest BCUT2D eigenvalue weighted by molar-refractivity contribution is 0.609. The van der Waals surface area contributed by atoms with E-state index < -0.39 is 0 Å². The molecule has 1 fully saturated rings. The van der Waals surface area contributed by atoms with Crippen LogP contribution < -0.4 is 15.8 Å². The van der Waals surface area contributed by atoms with E-state index in [9.17, 15) is 4.79 Å². The summed E-state index contributed by atoms with van der Waals surface area (Å²) in [6.07, 6.45) is 5.39. The maximum Gasteiger partial charge on any atom is 0.287 e. The van der Waals surface area contributed by atoms with Crippen LogP contribution in [0.5, 0.6) is 0 Å². The molecule has 1 aromatic rings. The Balaban J connectivity index is 2.35. The normalized spacial score (nSPS) is 18.2. The van der Waals surface area contributed by atoms with E-state index in [4.69, 9.17) is 11.6 Å². The minimum atomic E-state index is -0.254. The number of halogens is 1.